The smallest absolute Gasteiger partial charge is 0.352 e. The minimum atomic E-state index is -0.991. The molecule has 4 nitrogen and oxygen atoms in total. The van der Waals surface area contributed by atoms with Crippen molar-refractivity contribution in [3.8, 4) is 0 Å². The van der Waals surface area contributed by atoms with Crippen molar-refractivity contribution in [2.45, 2.75) is 0 Å². The highest BCUT2D eigenvalue weighted by Crippen LogP contribution is 2.33. The first-order valence-electron chi connectivity index (χ1n) is 4.60. The number of fused-ring (bicyclic) bond motifs is 3. The molecule has 2 aromatic heterocycles. The Hall–Kier alpha value is -1.75. The first-order chi connectivity index (χ1) is 7.66. The van der Waals surface area contributed by atoms with Crippen molar-refractivity contribution in [1.82, 2.24) is 4.98 Å². The van der Waals surface area contributed by atoms with Gasteiger partial charge in [-0.25, -0.2) is 4.79 Å². The van der Waals surface area contributed by atoms with E-state index < -0.39 is 5.97 Å². The lowest BCUT2D eigenvalue weighted by Crippen LogP contribution is -1.94. The fraction of sp³-hybridized carbons (Fsp3) is 0. The standard InChI is InChI=1S/C11H6BrNO3/c12-6-3-1-2-5-9-8(16-10(5)6)4-7(13-9)11(14)15/h1-4,13H,(H,14,15). The largest absolute Gasteiger partial charge is 0.477 e. The predicted octanol–water partition coefficient (Wildman–Crippen LogP) is 3.37. The number of nitrogens with one attached hydrogen (secondary N) is 1. The summed E-state index contributed by atoms with van der Waals surface area (Å²) >= 11 is 3.38. The molecule has 0 amide bonds. The van der Waals surface area contributed by atoms with Crippen molar-refractivity contribution >= 4 is 44.0 Å². The maximum atomic E-state index is 10.8. The average molecular weight is 280 g/mol. The van der Waals surface area contributed by atoms with Crippen molar-refractivity contribution in [3.05, 3.63) is 34.4 Å². The molecule has 0 aliphatic carbocycles. The van der Waals surface area contributed by atoms with Gasteiger partial charge in [0.2, 0.25) is 0 Å². The minimum absolute atomic E-state index is 0.135. The summed E-state index contributed by atoms with van der Waals surface area (Å²) in [5.41, 5.74) is 2.13. The number of aromatic nitrogens is 1. The highest BCUT2D eigenvalue weighted by Gasteiger charge is 2.14. The molecule has 0 saturated heterocycles. The topological polar surface area (TPSA) is 66.2 Å². The van der Waals surface area contributed by atoms with Crippen LogP contribution in [0.3, 0.4) is 0 Å². The quantitative estimate of drug-likeness (QED) is 0.718. The Morgan fingerprint density at radius 1 is 1.44 bits per heavy atom. The Labute approximate surface area is 98.0 Å². The van der Waals surface area contributed by atoms with Gasteiger partial charge < -0.3 is 14.5 Å². The third-order valence-electron chi connectivity index (χ3n) is 2.46. The number of aromatic carboxylic acids is 1. The fourth-order valence-corrected chi connectivity index (χ4v) is 2.20. The third kappa shape index (κ3) is 1.18. The van der Waals surface area contributed by atoms with Crippen LogP contribution in [0.5, 0.6) is 0 Å². The molecule has 0 aliphatic rings. The molecule has 80 valence electrons. The second kappa shape index (κ2) is 3.12. The zero-order valence-corrected chi connectivity index (χ0v) is 9.54. The second-order valence-electron chi connectivity index (χ2n) is 3.45. The highest BCUT2D eigenvalue weighted by molar-refractivity contribution is 9.10. The molecule has 0 saturated carbocycles. The Kier molecular flexibility index (Phi) is 1.85. The lowest BCUT2D eigenvalue weighted by atomic mass is 10.2. The van der Waals surface area contributed by atoms with Crippen LogP contribution in [0.25, 0.3) is 22.1 Å². The Bertz CT molecular complexity index is 710. The number of rotatable bonds is 1. The van der Waals surface area contributed by atoms with Crippen LogP contribution in [0.1, 0.15) is 10.5 Å². The Balaban J connectivity index is 2.43. The van der Waals surface area contributed by atoms with E-state index in [-0.39, 0.29) is 5.69 Å². The van der Waals surface area contributed by atoms with Crippen LogP contribution in [0.15, 0.2) is 33.2 Å². The zero-order valence-electron chi connectivity index (χ0n) is 7.95. The van der Waals surface area contributed by atoms with Crippen molar-refractivity contribution in [3.63, 3.8) is 0 Å². The third-order valence-corrected chi connectivity index (χ3v) is 3.08. The lowest BCUT2D eigenvalue weighted by Gasteiger charge is -1.91. The first kappa shape index (κ1) is 9.47. The number of benzene rings is 1. The summed E-state index contributed by atoms with van der Waals surface area (Å²) in [6, 6.07) is 7.13. The van der Waals surface area contributed by atoms with E-state index in [4.69, 9.17) is 9.52 Å². The first-order valence-corrected chi connectivity index (χ1v) is 5.39. The van der Waals surface area contributed by atoms with E-state index in [2.05, 4.69) is 20.9 Å². The molecule has 0 spiro atoms. The molecule has 3 aromatic rings. The molecule has 5 heteroatoms. The van der Waals surface area contributed by atoms with Crippen molar-refractivity contribution in [2.24, 2.45) is 0 Å². The summed E-state index contributed by atoms with van der Waals surface area (Å²) < 4.78 is 6.43. The molecule has 0 radical (unpaired) electrons. The summed E-state index contributed by atoms with van der Waals surface area (Å²) in [4.78, 5) is 13.6. The van der Waals surface area contributed by atoms with E-state index in [1.54, 1.807) is 0 Å². The van der Waals surface area contributed by atoms with Crippen molar-refractivity contribution < 1.29 is 14.3 Å². The van der Waals surface area contributed by atoms with Gasteiger partial charge in [0.25, 0.3) is 0 Å². The van der Waals surface area contributed by atoms with Crippen molar-refractivity contribution in [2.75, 3.05) is 0 Å². The molecule has 16 heavy (non-hydrogen) atoms. The van der Waals surface area contributed by atoms with Gasteiger partial charge in [-0.15, -0.1) is 0 Å². The summed E-state index contributed by atoms with van der Waals surface area (Å²) in [5.74, 6) is -0.991. The Morgan fingerprint density at radius 3 is 3.00 bits per heavy atom. The molecule has 2 N–H and O–H groups in total. The maximum Gasteiger partial charge on any atom is 0.352 e. The van der Waals surface area contributed by atoms with E-state index in [1.165, 1.54) is 6.07 Å². The molecule has 1 aromatic carbocycles. The Morgan fingerprint density at radius 2 is 2.25 bits per heavy atom. The number of H-pyrrole nitrogens is 1. The number of hydrogen-bond acceptors (Lipinski definition) is 2. The van der Waals surface area contributed by atoms with Crippen LogP contribution in [0.4, 0.5) is 0 Å². The van der Waals surface area contributed by atoms with E-state index in [9.17, 15) is 4.79 Å². The number of carboxylic acids is 1. The number of carboxylic acid groups (broad SMARTS) is 1. The SMILES string of the molecule is O=C(O)c1cc2oc3c(Br)cccc3c2[nH]1. The molecular formula is C11H6BrNO3. The number of halogens is 1. The van der Waals surface area contributed by atoms with Crippen LogP contribution in [0.2, 0.25) is 0 Å². The second-order valence-corrected chi connectivity index (χ2v) is 4.30. The van der Waals surface area contributed by atoms with Gasteiger partial charge in [-0.2, -0.15) is 0 Å². The van der Waals surface area contributed by atoms with E-state index in [0.717, 1.165) is 15.4 Å². The van der Waals surface area contributed by atoms with Gasteiger partial charge in [0, 0.05) is 11.5 Å². The van der Waals surface area contributed by atoms with Gasteiger partial charge in [-0.05, 0) is 28.1 Å². The van der Waals surface area contributed by atoms with Crippen LogP contribution in [-0.2, 0) is 0 Å². The minimum Gasteiger partial charge on any atom is -0.477 e. The van der Waals surface area contributed by atoms with Crippen LogP contribution in [-0.4, -0.2) is 16.1 Å². The van der Waals surface area contributed by atoms with Crippen LogP contribution >= 0.6 is 15.9 Å². The van der Waals surface area contributed by atoms with Crippen molar-refractivity contribution in [1.29, 1.82) is 0 Å². The molecule has 3 rings (SSSR count). The lowest BCUT2D eigenvalue weighted by molar-refractivity contribution is 0.0691. The predicted molar refractivity (Wildman–Crippen MR) is 62.7 cm³/mol. The number of furan rings is 1. The summed E-state index contributed by atoms with van der Waals surface area (Å²) in [7, 11) is 0. The molecular weight excluding hydrogens is 274 g/mol. The molecule has 0 unspecified atom stereocenters. The number of carbonyl (C=O) groups is 1. The van der Waals surface area contributed by atoms with Gasteiger partial charge in [0.15, 0.2) is 11.2 Å². The molecule has 0 aliphatic heterocycles. The molecule has 0 fully saturated rings. The summed E-state index contributed by atoms with van der Waals surface area (Å²) in [6.07, 6.45) is 0. The summed E-state index contributed by atoms with van der Waals surface area (Å²) in [5, 5.41) is 9.72. The molecule has 2 heterocycles. The van der Waals surface area contributed by atoms with Crippen LogP contribution < -0.4 is 0 Å². The average Bonchev–Trinajstić information content (AvgIpc) is 2.76. The van der Waals surface area contributed by atoms with Gasteiger partial charge in [0.05, 0.1) is 9.99 Å². The number of hydrogen-bond donors (Lipinski definition) is 2. The van der Waals surface area contributed by atoms with Gasteiger partial charge >= 0.3 is 5.97 Å². The fourth-order valence-electron chi connectivity index (χ4n) is 1.75. The van der Waals surface area contributed by atoms with E-state index in [1.807, 2.05) is 18.2 Å². The molecule has 0 atom stereocenters. The van der Waals surface area contributed by atoms with Crippen LogP contribution in [0, 0.1) is 0 Å². The zero-order chi connectivity index (χ0) is 11.3. The summed E-state index contributed by atoms with van der Waals surface area (Å²) in [6.45, 7) is 0. The monoisotopic (exact) mass is 279 g/mol. The maximum absolute atomic E-state index is 10.8. The van der Waals surface area contributed by atoms with E-state index in [0.29, 0.717) is 11.1 Å². The normalized spacial score (nSPS) is 11.3. The van der Waals surface area contributed by atoms with Gasteiger partial charge in [-0.3, -0.25) is 0 Å². The van der Waals surface area contributed by atoms with Gasteiger partial charge in [-0.1, -0.05) is 6.07 Å². The highest BCUT2D eigenvalue weighted by atomic mass is 79.9. The number of para-hydroxylation sites is 1. The number of aromatic amines is 1. The van der Waals surface area contributed by atoms with E-state index >= 15 is 0 Å². The van der Waals surface area contributed by atoms with Gasteiger partial charge in [0.1, 0.15) is 5.69 Å². The molecule has 0 bridgehead atoms.